The summed E-state index contributed by atoms with van der Waals surface area (Å²) in [6.07, 6.45) is 19.8. The van der Waals surface area contributed by atoms with E-state index >= 15 is 0 Å². The van der Waals surface area contributed by atoms with Gasteiger partial charge in [0.25, 0.3) is 0 Å². The van der Waals surface area contributed by atoms with E-state index in [4.69, 9.17) is 4.99 Å². The fourth-order valence-electron chi connectivity index (χ4n) is 11.7. The van der Waals surface area contributed by atoms with Crippen LogP contribution < -0.4 is 5.32 Å². The summed E-state index contributed by atoms with van der Waals surface area (Å²) in [5, 5.41) is 69.7. The van der Waals surface area contributed by atoms with Crippen LogP contribution in [0.2, 0.25) is 0 Å². The Morgan fingerprint density at radius 1 is 0.793 bits per heavy atom. The van der Waals surface area contributed by atoms with E-state index in [2.05, 4.69) is 35.4 Å². The molecular weight excluding hydrogens is 727 g/mol. The van der Waals surface area contributed by atoms with Crippen LogP contribution in [-0.2, 0) is 25.8 Å². The van der Waals surface area contributed by atoms with Gasteiger partial charge >= 0.3 is 0 Å². The normalized spacial score (nSPS) is 25.3. The molecule has 58 heavy (non-hydrogen) atoms. The molecule has 1 spiro atoms. The maximum absolute atomic E-state index is 11.8. The molecule has 4 aromatic carbocycles. The standard InChI is InChI=1S/C49H59N3O6/c1-2-3-4-8-33-25-31(14-19-38-36(18-13-32-15-20-39(53)42(56)26-32)37-10-5-11-40(54)44(37)46(58)45(38)57)12-16-34(33)27-50-29-49(43-28-51-30-52-43)24-7-23-48-22-6-9-35(48)17-21-41(55)47(48)49/h5,10-13,15-16,18,20,25-26,28,35,41,47,50,53-58H,2-4,6-9,14,17,19,21-24,27,29-30H2,1H3/t35-,41-,47+,48+,49+/m1/s1. The first kappa shape index (κ1) is 39.9. The van der Waals surface area contributed by atoms with Crippen LogP contribution in [0.1, 0.15) is 111 Å². The van der Waals surface area contributed by atoms with E-state index in [1.54, 1.807) is 18.2 Å². The topological polar surface area (TPSA) is 158 Å². The number of nitrogens with one attached hydrogen (secondary N) is 1. The molecule has 9 heteroatoms. The van der Waals surface area contributed by atoms with Crippen molar-refractivity contribution in [1.29, 1.82) is 0 Å². The van der Waals surface area contributed by atoms with Gasteiger partial charge in [0.2, 0.25) is 0 Å². The third-order valence-corrected chi connectivity index (χ3v) is 14.3. The van der Waals surface area contributed by atoms with Gasteiger partial charge in [0.15, 0.2) is 23.0 Å². The first-order valence-corrected chi connectivity index (χ1v) is 21.6. The summed E-state index contributed by atoms with van der Waals surface area (Å²) < 4.78 is 0. The molecule has 7 N–H and O–H groups in total. The molecule has 3 saturated carbocycles. The summed E-state index contributed by atoms with van der Waals surface area (Å²) >= 11 is 0. The van der Waals surface area contributed by atoms with Gasteiger partial charge in [0.05, 0.1) is 17.2 Å². The van der Waals surface area contributed by atoms with Gasteiger partial charge in [0, 0.05) is 36.2 Å². The van der Waals surface area contributed by atoms with Crippen molar-refractivity contribution in [2.45, 2.75) is 109 Å². The summed E-state index contributed by atoms with van der Waals surface area (Å²) in [7, 11) is 0. The summed E-state index contributed by atoms with van der Waals surface area (Å²) in [6, 6.07) is 16.3. The van der Waals surface area contributed by atoms with Crippen LogP contribution in [-0.4, -0.2) is 61.9 Å². The molecule has 0 amide bonds. The van der Waals surface area contributed by atoms with Crippen LogP contribution in [0, 0.1) is 22.7 Å². The molecule has 1 aliphatic heterocycles. The Balaban J connectivity index is 1.06. The largest absolute Gasteiger partial charge is 0.507 e. The van der Waals surface area contributed by atoms with Crippen LogP contribution in [0.4, 0.5) is 0 Å². The van der Waals surface area contributed by atoms with Crippen molar-refractivity contribution in [3.8, 4) is 28.7 Å². The van der Waals surface area contributed by atoms with E-state index in [-0.39, 0.29) is 57.0 Å². The lowest BCUT2D eigenvalue weighted by Gasteiger charge is -2.60. The Hall–Kier alpha value is -4.86. The lowest BCUT2D eigenvalue weighted by atomic mass is 9.45. The van der Waals surface area contributed by atoms with Crippen molar-refractivity contribution in [2.75, 3.05) is 13.2 Å². The number of aliphatic imine (C=N–C) groups is 2. The van der Waals surface area contributed by atoms with Crippen LogP contribution in [0.5, 0.6) is 28.7 Å². The van der Waals surface area contributed by atoms with Crippen molar-refractivity contribution < 1.29 is 30.6 Å². The summed E-state index contributed by atoms with van der Waals surface area (Å²) in [5.74, 6) is -0.320. The lowest BCUT2D eigenvalue weighted by Crippen LogP contribution is -2.61. The minimum atomic E-state index is -0.357. The molecule has 4 aliphatic rings. The monoisotopic (exact) mass is 785 g/mol. The Labute approximate surface area is 341 Å². The fraction of sp³-hybridized carbons (Fsp3) is 0.469. The second-order valence-electron chi connectivity index (χ2n) is 17.5. The van der Waals surface area contributed by atoms with Gasteiger partial charge in [-0.1, -0.05) is 81.2 Å². The maximum Gasteiger partial charge on any atom is 0.169 e. The molecule has 8 rings (SSSR count). The van der Waals surface area contributed by atoms with Crippen molar-refractivity contribution >= 4 is 34.9 Å². The number of fused-ring (bicyclic) bond motifs is 1. The van der Waals surface area contributed by atoms with Gasteiger partial charge in [-0.15, -0.1) is 0 Å². The molecule has 3 fully saturated rings. The Morgan fingerprint density at radius 2 is 1.66 bits per heavy atom. The number of unbranched alkanes of at least 4 members (excludes halogenated alkanes) is 2. The number of aliphatic hydroxyl groups excluding tert-OH is 1. The average Bonchev–Trinajstić information content (AvgIpc) is 3.91. The number of nitrogens with zero attached hydrogens (tertiary/aromatic N) is 2. The van der Waals surface area contributed by atoms with Gasteiger partial charge in [-0.3, -0.25) is 9.98 Å². The minimum absolute atomic E-state index is 0.134. The van der Waals surface area contributed by atoms with Gasteiger partial charge < -0.3 is 36.0 Å². The van der Waals surface area contributed by atoms with E-state index in [9.17, 15) is 30.6 Å². The highest BCUT2D eigenvalue weighted by atomic mass is 16.3. The van der Waals surface area contributed by atoms with Gasteiger partial charge in [0.1, 0.15) is 12.4 Å². The highest BCUT2D eigenvalue weighted by molar-refractivity contribution is 6.34. The third kappa shape index (κ3) is 7.36. The number of aromatic hydroxyl groups is 5. The number of aliphatic hydroxyl groups is 1. The number of benzene rings is 4. The van der Waals surface area contributed by atoms with Crippen molar-refractivity contribution in [2.24, 2.45) is 32.7 Å². The second kappa shape index (κ2) is 16.8. The number of hydrogen-bond donors (Lipinski definition) is 7. The summed E-state index contributed by atoms with van der Waals surface area (Å²) in [4.78, 5) is 9.53. The molecule has 0 unspecified atom stereocenters. The van der Waals surface area contributed by atoms with E-state index in [0.29, 0.717) is 47.5 Å². The zero-order valence-electron chi connectivity index (χ0n) is 33.8. The molecule has 5 atom stereocenters. The first-order valence-electron chi connectivity index (χ1n) is 21.6. The molecule has 3 aliphatic carbocycles. The Morgan fingerprint density at radius 3 is 2.47 bits per heavy atom. The molecule has 0 saturated heterocycles. The van der Waals surface area contributed by atoms with Crippen LogP contribution in [0.25, 0.3) is 22.9 Å². The summed E-state index contributed by atoms with van der Waals surface area (Å²) in [5.41, 5.74) is 6.60. The van der Waals surface area contributed by atoms with Gasteiger partial charge in [-0.05, 0) is 127 Å². The molecule has 0 aromatic heterocycles. The van der Waals surface area contributed by atoms with E-state index in [1.807, 2.05) is 18.4 Å². The first-order chi connectivity index (χ1) is 28.1. The molecule has 0 bridgehead atoms. The molecule has 9 nitrogen and oxygen atoms in total. The van der Waals surface area contributed by atoms with E-state index < -0.39 is 0 Å². The average molecular weight is 786 g/mol. The number of hydrogen-bond acceptors (Lipinski definition) is 9. The fourth-order valence-corrected chi connectivity index (χ4v) is 11.7. The molecule has 0 radical (unpaired) electrons. The lowest BCUT2D eigenvalue weighted by molar-refractivity contribution is -0.124. The molecular formula is C49H59N3O6. The number of rotatable bonds is 14. The Kier molecular flexibility index (Phi) is 11.6. The Bertz CT molecular complexity index is 2250. The number of phenolic OH excluding ortho intramolecular Hbond substituents is 5. The molecule has 1 heterocycles. The zero-order valence-corrected chi connectivity index (χ0v) is 33.8. The minimum Gasteiger partial charge on any atom is -0.507 e. The third-order valence-electron chi connectivity index (χ3n) is 14.3. The summed E-state index contributed by atoms with van der Waals surface area (Å²) in [6.45, 7) is 4.20. The second-order valence-corrected chi connectivity index (χ2v) is 17.5. The smallest absolute Gasteiger partial charge is 0.169 e. The van der Waals surface area contributed by atoms with Crippen LogP contribution in [0.15, 0.2) is 64.6 Å². The quantitative estimate of drug-likeness (QED) is 0.0381. The maximum atomic E-state index is 11.8. The SMILES string of the molecule is CCCCCc1cc(CCc2c(O)c(O)c3c(O)cccc3c2C=Cc2ccc(O)c(O)c2)ccc1CNC[C@]1(C2=NCN=C2)CCC[C@@]23CCC[C@@H]2CC[C@@H](O)[C@H]13. The van der Waals surface area contributed by atoms with Crippen molar-refractivity contribution in [3.05, 3.63) is 88.0 Å². The number of aryl methyl sites for hydroxylation is 2. The zero-order chi connectivity index (χ0) is 40.4. The van der Waals surface area contributed by atoms with Crippen molar-refractivity contribution in [3.63, 3.8) is 0 Å². The van der Waals surface area contributed by atoms with E-state index in [0.717, 1.165) is 75.7 Å². The number of phenols is 5. The van der Waals surface area contributed by atoms with Gasteiger partial charge in [-0.25, -0.2) is 0 Å². The highest BCUT2D eigenvalue weighted by Crippen LogP contribution is 2.66. The van der Waals surface area contributed by atoms with Crippen LogP contribution >= 0.6 is 0 Å². The van der Waals surface area contributed by atoms with Gasteiger partial charge in [-0.2, -0.15) is 0 Å². The van der Waals surface area contributed by atoms with E-state index in [1.165, 1.54) is 55.0 Å². The predicted octanol–water partition coefficient (Wildman–Crippen LogP) is 9.36. The molecule has 4 aromatic rings. The van der Waals surface area contributed by atoms with Crippen molar-refractivity contribution in [1.82, 2.24) is 5.32 Å². The molecule has 306 valence electrons. The predicted molar refractivity (Wildman–Crippen MR) is 232 cm³/mol. The van der Waals surface area contributed by atoms with Crippen LogP contribution in [0.3, 0.4) is 0 Å². The highest BCUT2D eigenvalue weighted by Gasteiger charge is 2.63.